The molecule has 1 amide bonds. The van der Waals surface area contributed by atoms with Crippen LogP contribution < -0.4 is 5.69 Å². The van der Waals surface area contributed by atoms with E-state index in [4.69, 9.17) is 14.4 Å². The first-order chi connectivity index (χ1) is 29.2. The lowest BCUT2D eigenvalue weighted by Gasteiger charge is -2.35. The molecule has 312 valence electrons. The van der Waals surface area contributed by atoms with E-state index in [0.29, 0.717) is 76.4 Å². The van der Waals surface area contributed by atoms with Crippen LogP contribution in [0.3, 0.4) is 0 Å². The van der Waals surface area contributed by atoms with E-state index < -0.39 is 11.5 Å². The van der Waals surface area contributed by atoms with Gasteiger partial charge in [-0.25, -0.2) is 18.3 Å². The molecule has 0 radical (unpaired) electrons. The van der Waals surface area contributed by atoms with Gasteiger partial charge in [-0.2, -0.15) is 10.2 Å². The zero-order valence-electron chi connectivity index (χ0n) is 34.3. The summed E-state index contributed by atoms with van der Waals surface area (Å²) in [5, 5.41) is 24.0. The number of nitrogens with zero attached hydrogens (tertiary/aromatic N) is 9. The molecule has 7 heterocycles. The van der Waals surface area contributed by atoms with Gasteiger partial charge in [-0.1, -0.05) is 6.07 Å². The second-order valence-corrected chi connectivity index (χ2v) is 16.8. The maximum absolute atomic E-state index is 16.0. The van der Waals surface area contributed by atoms with Crippen molar-refractivity contribution in [3.63, 3.8) is 0 Å². The highest BCUT2D eigenvalue weighted by molar-refractivity contribution is 5.99. The van der Waals surface area contributed by atoms with Gasteiger partial charge in [0.1, 0.15) is 17.3 Å². The van der Waals surface area contributed by atoms with Crippen molar-refractivity contribution in [3.05, 3.63) is 135 Å². The molecule has 1 unspecified atom stereocenters. The molecule has 1 saturated heterocycles. The number of amides is 1. The molecule has 10 rings (SSSR count). The first-order valence-corrected chi connectivity index (χ1v) is 20.2. The monoisotopic (exact) mass is 827 g/mol. The number of aryl methyl sites for hydroxylation is 3. The van der Waals surface area contributed by atoms with E-state index in [1.54, 1.807) is 59.6 Å². The van der Waals surface area contributed by atoms with E-state index in [1.807, 2.05) is 16.7 Å². The van der Waals surface area contributed by atoms with Gasteiger partial charge >= 0.3 is 5.69 Å². The minimum atomic E-state index is -0.595. The molecule has 0 spiro atoms. The number of hydrogen-bond acceptors (Lipinski definition) is 8. The fourth-order valence-electron chi connectivity index (χ4n) is 9.20. The predicted molar refractivity (Wildman–Crippen MR) is 222 cm³/mol. The van der Waals surface area contributed by atoms with E-state index >= 15 is 4.39 Å². The minimum absolute atomic E-state index is 0.0473. The van der Waals surface area contributed by atoms with Crippen molar-refractivity contribution >= 4 is 27.7 Å². The summed E-state index contributed by atoms with van der Waals surface area (Å²) in [6, 6.07) is 16.2. The molecule has 5 aromatic heterocycles. The maximum atomic E-state index is 16.0. The van der Waals surface area contributed by atoms with Crippen LogP contribution in [-0.2, 0) is 31.3 Å². The Morgan fingerprint density at radius 1 is 0.984 bits per heavy atom. The molecular formula is C45H43F2N9O5. The molecule has 14 nitrogen and oxygen atoms in total. The van der Waals surface area contributed by atoms with Gasteiger partial charge in [0.15, 0.2) is 11.6 Å². The summed E-state index contributed by atoms with van der Waals surface area (Å²) in [5.41, 5.74) is 4.82. The van der Waals surface area contributed by atoms with Crippen molar-refractivity contribution in [1.82, 2.24) is 43.3 Å². The molecule has 2 aliphatic rings. The molecule has 1 atom stereocenters. The molecule has 16 heteroatoms. The minimum Gasteiger partial charge on any atom is -0.491 e. The van der Waals surface area contributed by atoms with E-state index in [2.05, 4.69) is 36.2 Å². The van der Waals surface area contributed by atoms with Crippen LogP contribution in [0.15, 0.2) is 82.5 Å². The van der Waals surface area contributed by atoms with Crippen LogP contribution in [-0.4, -0.2) is 73.1 Å². The third-order valence-corrected chi connectivity index (χ3v) is 12.2. The Bertz CT molecular complexity index is 3100. The number of aromatic hydroxyl groups is 1. The highest BCUT2D eigenvalue weighted by Crippen LogP contribution is 2.38. The molecule has 8 aromatic rings. The predicted octanol–water partition coefficient (Wildman–Crippen LogP) is 7.16. The van der Waals surface area contributed by atoms with Crippen LogP contribution in [0.1, 0.15) is 76.8 Å². The fraction of sp³-hybridized carbons (Fsp3) is 0.311. The Morgan fingerprint density at radius 2 is 1.75 bits per heavy atom. The Balaban J connectivity index is 1.07. The molecular weight excluding hydrogens is 785 g/mol. The molecule has 3 aromatic carbocycles. The lowest BCUT2D eigenvalue weighted by molar-refractivity contribution is -0.0592. The molecule has 61 heavy (non-hydrogen) atoms. The van der Waals surface area contributed by atoms with Gasteiger partial charge in [-0.05, 0) is 111 Å². The topological polar surface area (TPSA) is 143 Å². The van der Waals surface area contributed by atoms with Crippen LogP contribution in [0.5, 0.6) is 5.88 Å². The van der Waals surface area contributed by atoms with Crippen molar-refractivity contribution in [2.75, 3.05) is 13.2 Å². The maximum Gasteiger partial charge on any atom is 0.338 e. The van der Waals surface area contributed by atoms with Crippen molar-refractivity contribution in [3.8, 4) is 23.1 Å². The van der Waals surface area contributed by atoms with Gasteiger partial charge in [0.25, 0.3) is 11.8 Å². The Morgan fingerprint density at radius 3 is 2.51 bits per heavy atom. The summed E-state index contributed by atoms with van der Waals surface area (Å²) in [6.45, 7) is 8.76. The zero-order chi connectivity index (χ0) is 42.5. The third kappa shape index (κ3) is 6.43. The second kappa shape index (κ2) is 14.1. The quantitative estimate of drug-likeness (QED) is 0.178. The summed E-state index contributed by atoms with van der Waals surface area (Å²) in [4.78, 5) is 31.1. The number of hydrogen-bond donors (Lipinski definition) is 1. The Hall–Kier alpha value is -6.81. The van der Waals surface area contributed by atoms with Gasteiger partial charge in [0, 0.05) is 61.5 Å². The number of rotatable bonds is 7. The number of imidazole rings is 1. The standard InChI is InChI=1S/C45H43F2N9O5/c1-25-16-30(17-26(2)40(25)46)56-42(54-14-13-53(44(54)59)37-9-8-36-32(41(37)47)22-48-51(36)5)33-24-52(12-10-34(33)49-56)43(58)38-19-29-18-27(28-11-15-60-45(3,4)21-28)6-7-35(29)55(38)23-31-20-39(57)50-61-31/h6-9,13-14,16-20,22,28H,10-12,15,21,23-24H2,1-5H3,(H,50,57). The number of carbonyl (C=O) groups is 1. The number of fused-ring (bicyclic) bond motifs is 3. The first-order valence-electron chi connectivity index (χ1n) is 20.2. The molecule has 0 aliphatic carbocycles. The van der Waals surface area contributed by atoms with Crippen LogP contribution >= 0.6 is 0 Å². The van der Waals surface area contributed by atoms with Crippen LogP contribution in [0.2, 0.25) is 0 Å². The van der Waals surface area contributed by atoms with E-state index in [9.17, 15) is 19.1 Å². The van der Waals surface area contributed by atoms with Gasteiger partial charge < -0.3 is 23.8 Å². The van der Waals surface area contributed by atoms with Crippen molar-refractivity contribution in [2.45, 2.75) is 71.6 Å². The highest BCUT2D eigenvalue weighted by atomic mass is 19.1. The van der Waals surface area contributed by atoms with Gasteiger partial charge in [-0.3, -0.25) is 18.6 Å². The fourth-order valence-corrected chi connectivity index (χ4v) is 9.20. The summed E-state index contributed by atoms with van der Waals surface area (Å²) in [6.07, 6.45) is 6.59. The smallest absolute Gasteiger partial charge is 0.338 e. The van der Waals surface area contributed by atoms with E-state index in [-0.39, 0.29) is 47.4 Å². The normalized spacial score (nSPS) is 16.5. The van der Waals surface area contributed by atoms with Gasteiger partial charge in [0.05, 0.1) is 52.9 Å². The molecule has 0 bridgehead atoms. The molecule has 0 saturated carbocycles. The molecule has 1 fully saturated rings. The van der Waals surface area contributed by atoms with E-state index in [0.717, 1.165) is 23.7 Å². The van der Waals surface area contributed by atoms with Crippen molar-refractivity contribution < 1.29 is 27.9 Å². The Kier molecular flexibility index (Phi) is 8.91. The van der Waals surface area contributed by atoms with Crippen molar-refractivity contribution in [1.29, 1.82) is 0 Å². The lowest BCUT2D eigenvalue weighted by Crippen LogP contribution is -2.37. The summed E-state index contributed by atoms with van der Waals surface area (Å²) in [7, 11) is 1.72. The average Bonchev–Trinajstić information content (AvgIpc) is 4.07. The molecule has 2 aliphatic heterocycles. The summed E-state index contributed by atoms with van der Waals surface area (Å²) >= 11 is 0. The van der Waals surface area contributed by atoms with E-state index in [1.165, 1.54) is 39.2 Å². The van der Waals surface area contributed by atoms with Crippen LogP contribution in [0.25, 0.3) is 39.0 Å². The van der Waals surface area contributed by atoms with Crippen LogP contribution in [0, 0.1) is 25.5 Å². The number of halogens is 2. The molecule has 1 N–H and O–H groups in total. The third-order valence-electron chi connectivity index (χ3n) is 12.2. The SMILES string of the molecule is Cc1cc(-n2nc3c(c2-n2ccn(-c4ccc5c(cnn5C)c4F)c2=O)CN(C(=O)c2cc4cc(C5CCOC(C)(C)C5)ccc4n2Cc2cc(O)no2)CC3)cc(C)c1F. The average molecular weight is 828 g/mol. The highest BCUT2D eigenvalue weighted by Gasteiger charge is 2.34. The number of carbonyl (C=O) groups excluding carboxylic acids is 1. The first kappa shape index (κ1) is 38.4. The largest absolute Gasteiger partial charge is 0.491 e. The number of aromatic nitrogens is 8. The zero-order valence-corrected chi connectivity index (χ0v) is 34.3. The summed E-state index contributed by atoms with van der Waals surface area (Å²) in [5.74, 6) is -0.441. The van der Waals surface area contributed by atoms with Crippen LogP contribution in [0.4, 0.5) is 8.78 Å². The number of benzene rings is 3. The second-order valence-electron chi connectivity index (χ2n) is 16.8. The summed E-state index contributed by atoms with van der Waals surface area (Å²) < 4.78 is 50.0. The lowest BCUT2D eigenvalue weighted by atomic mass is 9.83. The van der Waals surface area contributed by atoms with Crippen molar-refractivity contribution in [2.24, 2.45) is 7.05 Å². The Labute approximate surface area is 347 Å². The van der Waals surface area contributed by atoms with Gasteiger partial charge in [0.2, 0.25) is 0 Å². The number of ether oxygens (including phenoxy) is 1. The van der Waals surface area contributed by atoms with Gasteiger partial charge in [-0.15, -0.1) is 0 Å².